The van der Waals surface area contributed by atoms with Crippen molar-refractivity contribution in [1.82, 2.24) is 4.57 Å². The summed E-state index contributed by atoms with van der Waals surface area (Å²) in [5.74, 6) is -0.627. The number of nitrogens with one attached hydrogen (secondary N) is 1. The number of primary amides is 1. The van der Waals surface area contributed by atoms with Crippen molar-refractivity contribution in [1.29, 1.82) is 0 Å². The molecule has 2 amide bonds. The zero-order chi connectivity index (χ0) is 20.5. The molecule has 29 heavy (non-hydrogen) atoms. The highest BCUT2D eigenvalue weighted by Crippen LogP contribution is 2.33. The Bertz CT molecular complexity index is 1260. The second-order valence-corrected chi connectivity index (χ2v) is 7.00. The second kappa shape index (κ2) is 7.41. The number of carbonyl (C=O) groups excluding carboxylic acids is 2. The molecular weight excluding hydrogens is 366 g/mol. The van der Waals surface area contributed by atoms with Crippen LogP contribution in [0.2, 0.25) is 0 Å². The van der Waals surface area contributed by atoms with Crippen molar-refractivity contribution < 1.29 is 14.7 Å². The van der Waals surface area contributed by atoms with Crippen LogP contribution in [-0.2, 0) is 17.9 Å². The quantitative estimate of drug-likeness (QED) is 0.490. The molecular formula is C23H21N3O3. The maximum absolute atomic E-state index is 12.1. The van der Waals surface area contributed by atoms with E-state index in [0.29, 0.717) is 12.1 Å². The zero-order valence-electron chi connectivity index (χ0n) is 16.0. The fraction of sp³-hybridized carbons (Fsp3) is 0.130. The molecule has 0 fully saturated rings. The number of fused-ring (bicyclic) bond motifs is 3. The lowest BCUT2D eigenvalue weighted by molar-refractivity contribution is -0.114. The maximum Gasteiger partial charge on any atom is 0.249 e. The Kier molecular flexibility index (Phi) is 4.78. The Morgan fingerprint density at radius 3 is 2.55 bits per heavy atom. The minimum atomic E-state index is -0.487. The molecule has 0 aliphatic heterocycles. The lowest BCUT2D eigenvalue weighted by Gasteiger charge is -2.13. The van der Waals surface area contributed by atoms with Crippen LogP contribution < -0.4 is 11.1 Å². The smallest absolute Gasteiger partial charge is 0.249 e. The van der Waals surface area contributed by atoms with Gasteiger partial charge in [-0.25, -0.2) is 0 Å². The largest absolute Gasteiger partial charge is 0.392 e. The Labute approximate surface area is 167 Å². The summed E-state index contributed by atoms with van der Waals surface area (Å²) in [5.41, 5.74) is 10.3. The van der Waals surface area contributed by atoms with Crippen molar-refractivity contribution in [3.63, 3.8) is 0 Å². The molecule has 1 heterocycles. The van der Waals surface area contributed by atoms with Crippen LogP contribution in [0, 0.1) is 0 Å². The third-order valence-electron chi connectivity index (χ3n) is 5.06. The van der Waals surface area contributed by atoms with Gasteiger partial charge in [0.25, 0.3) is 0 Å². The van der Waals surface area contributed by atoms with Crippen molar-refractivity contribution in [2.75, 3.05) is 5.32 Å². The van der Waals surface area contributed by atoms with Gasteiger partial charge >= 0.3 is 0 Å². The molecule has 4 aromatic rings. The Hall–Kier alpha value is -3.64. The number of anilines is 1. The van der Waals surface area contributed by atoms with Crippen LogP contribution in [0.15, 0.2) is 60.7 Å². The van der Waals surface area contributed by atoms with E-state index in [1.165, 1.54) is 6.92 Å². The lowest BCUT2D eigenvalue weighted by Crippen LogP contribution is -2.11. The monoisotopic (exact) mass is 387 g/mol. The highest BCUT2D eigenvalue weighted by atomic mass is 16.3. The molecule has 4 N–H and O–H groups in total. The summed E-state index contributed by atoms with van der Waals surface area (Å²) in [6.45, 7) is 1.88. The molecule has 0 spiro atoms. The molecule has 4 rings (SSSR count). The average Bonchev–Trinajstić information content (AvgIpc) is 3.02. The SMILES string of the molecule is CC(=O)Nc1ccccc1Cn1c2cc(CO)ccc2c2c(C(N)=O)cccc21. The van der Waals surface area contributed by atoms with Crippen LogP contribution in [0.3, 0.4) is 0 Å². The number of aromatic nitrogens is 1. The number of aliphatic hydroxyl groups excluding tert-OH is 1. The van der Waals surface area contributed by atoms with Crippen molar-refractivity contribution in [2.24, 2.45) is 5.73 Å². The zero-order valence-corrected chi connectivity index (χ0v) is 16.0. The van der Waals surface area contributed by atoms with E-state index in [0.717, 1.165) is 38.6 Å². The van der Waals surface area contributed by atoms with E-state index in [9.17, 15) is 14.7 Å². The molecule has 6 nitrogen and oxygen atoms in total. The van der Waals surface area contributed by atoms with Crippen LogP contribution in [0.4, 0.5) is 5.69 Å². The Morgan fingerprint density at radius 1 is 1.03 bits per heavy atom. The van der Waals surface area contributed by atoms with E-state index < -0.39 is 5.91 Å². The van der Waals surface area contributed by atoms with Gasteiger partial charge in [-0.2, -0.15) is 0 Å². The van der Waals surface area contributed by atoms with Gasteiger partial charge in [-0.15, -0.1) is 0 Å². The summed E-state index contributed by atoms with van der Waals surface area (Å²) >= 11 is 0. The topological polar surface area (TPSA) is 97.3 Å². The molecule has 0 bridgehead atoms. The normalized spacial score (nSPS) is 11.1. The van der Waals surface area contributed by atoms with Crippen molar-refractivity contribution >= 4 is 39.3 Å². The first-order valence-corrected chi connectivity index (χ1v) is 9.29. The highest BCUT2D eigenvalue weighted by Gasteiger charge is 2.17. The minimum Gasteiger partial charge on any atom is -0.392 e. The minimum absolute atomic E-state index is 0.0807. The number of aliphatic hydroxyl groups is 1. The van der Waals surface area contributed by atoms with E-state index in [4.69, 9.17) is 5.73 Å². The standard InChI is InChI=1S/C23H21N3O3/c1-14(28)25-19-7-3-2-5-16(19)12-26-20-8-4-6-18(23(24)29)22(20)17-10-9-15(13-27)11-21(17)26/h2-11,27H,12-13H2,1H3,(H2,24,29)(H,25,28). The number of rotatable bonds is 5. The number of carbonyl (C=O) groups is 2. The number of para-hydroxylation sites is 1. The van der Waals surface area contributed by atoms with E-state index in [1.807, 2.05) is 54.6 Å². The molecule has 3 aromatic carbocycles. The fourth-order valence-corrected chi connectivity index (χ4v) is 3.80. The Morgan fingerprint density at radius 2 is 1.83 bits per heavy atom. The van der Waals surface area contributed by atoms with Crippen LogP contribution >= 0.6 is 0 Å². The summed E-state index contributed by atoms with van der Waals surface area (Å²) in [7, 11) is 0. The molecule has 0 atom stereocenters. The molecule has 1 aromatic heterocycles. The molecule has 0 aliphatic rings. The van der Waals surface area contributed by atoms with E-state index in [-0.39, 0.29) is 12.5 Å². The van der Waals surface area contributed by atoms with Gasteiger partial charge < -0.3 is 20.7 Å². The Balaban J connectivity index is 2.00. The van der Waals surface area contributed by atoms with Gasteiger partial charge in [-0.3, -0.25) is 9.59 Å². The number of nitrogens with zero attached hydrogens (tertiary/aromatic N) is 1. The molecule has 146 valence electrons. The molecule has 6 heteroatoms. The fourth-order valence-electron chi connectivity index (χ4n) is 3.80. The number of amides is 2. The third kappa shape index (κ3) is 3.34. The number of nitrogens with two attached hydrogens (primary N) is 1. The van der Waals surface area contributed by atoms with Crippen LogP contribution in [0.5, 0.6) is 0 Å². The van der Waals surface area contributed by atoms with E-state index >= 15 is 0 Å². The highest BCUT2D eigenvalue weighted by molar-refractivity contribution is 6.18. The van der Waals surface area contributed by atoms with Gasteiger partial charge in [-0.05, 0) is 35.4 Å². The van der Waals surface area contributed by atoms with Gasteiger partial charge in [0.1, 0.15) is 0 Å². The average molecular weight is 387 g/mol. The van der Waals surface area contributed by atoms with Crippen molar-refractivity contribution in [2.45, 2.75) is 20.1 Å². The molecule has 0 saturated carbocycles. The van der Waals surface area contributed by atoms with E-state index in [1.54, 1.807) is 6.07 Å². The first-order valence-electron chi connectivity index (χ1n) is 9.29. The lowest BCUT2D eigenvalue weighted by atomic mass is 10.0. The van der Waals surface area contributed by atoms with Crippen LogP contribution in [-0.4, -0.2) is 21.5 Å². The van der Waals surface area contributed by atoms with Gasteiger partial charge in [0.2, 0.25) is 11.8 Å². The van der Waals surface area contributed by atoms with Gasteiger partial charge in [0.15, 0.2) is 0 Å². The summed E-state index contributed by atoms with van der Waals surface area (Å²) in [6, 6.07) is 18.8. The maximum atomic E-state index is 12.1. The number of benzene rings is 3. The van der Waals surface area contributed by atoms with E-state index in [2.05, 4.69) is 9.88 Å². The summed E-state index contributed by atoms with van der Waals surface area (Å²) in [5, 5.41) is 14.2. The number of hydrogen-bond acceptors (Lipinski definition) is 3. The van der Waals surface area contributed by atoms with Crippen molar-refractivity contribution in [3.05, 3.63) is 77.4 Å². The van der Waals surface area contributed by atoms with Crippen LogP contribution in [0.1, 0.15) is 28.4 Å². The summed E-state index contributed by atoms with van der Waals surface area (Å²) < 4.78 is 2.08. The molecule has 0 aliphatic carbocycles. The summed E-state index contributed by atoms with van der Waals surface area (Å²) in [4.78, 5) is 23.6. The van der Waals surface area contributed by atoms with Gasteiger partial charge in [-0.1, -0.05) is 36.4 Å². The first-order chi connectivity index (χ1) is 14.0. The molecule has 0 radical (unpaired) electrons. The summed E-state index contributed by atoms with van der Waals surface area (Å²) in [6.07, 6.45) is 0. The predicted octanol–water partition coefficient (Wildman–Crippen LogP) is 3.39. The second-order valence-electron chi connectivity index (χ2n) is 7.00. The third-order valence-corrected chi connectivity index (χ3v) is 5.06. The first kappa shape index (κ1) is 18.7. The molecule has 0 saturated heterocycles. The number of hydrogen-bond donors (Lipinski definition) is 3. The van der Waals surface area contributed by atoms with Crippen molar-refractivity contribution in [3.8, 4) is 0 Å². The van der Waals surface area contributed by atoms with Gasteiger partial charge in [0.05, 0.1) is 18.7 Å². The molecule has 0 unspecified atom stereocenters. The van der Waals surface area contributed by atoms with Crippen LogP contribution in [0.25, 0.3) is 21.8 Å². The van der Waals surface area contributed by atoms with Gasteiger partial charge in [0, 0.05) is 34.5 Å². The predicted molar refractivity (Wildman–Crippen MR) is 114 cm³/mol.